The van der Waals surface area contributed by atoms with Crippen LogP contribution in [0.15, 0.2) is 18.5 Å². The molecule has 0 spiro atoms. The van der Waals surface area contributed by atoms with Crippen LogP contribution in [0.1, 0.15) is 28.7 Å². The van der Waals surface area contributed by atoms with Crippen LogP contribution in [0.2, 0.25) is 0 Å². The highest BCUT2D eigenvalue weighted by atomic mass is 16.5. The number of aromatic nitrogens is 4. The van der Waals surface area contributed by atoms with E-state index in [-0.39, 0.29) is 5.91 Å². The second-order valence-electron chi connectivity index (χ2n) is 4.89. The van der Waals surface area contributed by atoms with Crippen molar-refractivity contribution in [2.45, 2.75) is 33.7 Å². The minimum atomic E-state index is -0.117. The van der Waals surface area contributed by atoms with E-state index in [9.17, 15) is 4.79 Å². The number of carbonyl (C=O) groups is 1. The van der Waals surface area contributed by atoms with E-state index in [1.54, 1.807) is 36.0 Å². The largest absolute Gasteiger partial charge is 0.362 e. The molecule has 0 atom stereocenters. The predicted octanol–water partition coefficient (Wildman–Crippen LogP) is 1.28. The zero-order valence-corrected chi connectivity index (χ0v) is 12.9. The zero-order chi connectivity index (χ0) is 15.4. The number of carbonyl (C=O) groups excluding carboxylic acids is 1. The van der Waals surface area contributed by atoms with Gasteiger partial charge in [-0.05, 0) is 19.9 Å². The molecule has 0 saturated heterocycles. The van der Waals surface area contributed by atoms with E-state index >= 15 is 0 Å². The van der Waals surface area contributed by atoms with Crippen LogP contribution in [0.5, 0.6) is 0 Å². The van der Waals surface area contributed by atoms with E-state index in [2.05, 4.69) is 10.2 Å². The Balaban J connectivity index is 2.06. The van der Waals surface area contributed by atoms with E-state index < -0.39 is 0 Å². The standard InChI is InChI=1S/C14H21N5O2/c1-5-19-11(2)12(8-15-19)9-17(3)14(20)13-6-7-18(16-13)10-21-4/h6-8H,5,9-10H2,1-4H3. The average molecular weight is 291 g/mol. The lowest BCUT2D eigenvalue weighted by Crippen LogP contribution is -2.27. The third kappa shape index (κ3) is 3.30. The number of amides is 1. The Morgan fingerprint density at radius 1 is 1.48 bits per heavy atom. The minimum absolute atomic E-state index is 0.117. The first-order valence-electron chi connectivity index (χ1n) is 6.86. The van der Waals surface area contributed by atoms with Gasteiger partial charge in [-0.1, -0.05) is 0 Å². The molecule has 2 rings (SSSR count). The molecule has 0 aliphatic heterocycles. The molecular formula is C14H21N5O2. The van der Waals surface area contributed by atoms with Gasteiger partial charge in [0.25, 0.3) is 5.91 Å². The fourth-order valence-electron chi connectivity index (χ4n) is 2.16. The smallest absolute Gasteiger partial charge is 0.274 e. The molecule has 0 aliphatic carbocycles. The summed E-state index contributed by atoms with van der Waals surface area (Å²) in [5, 5.41) is 8.48. The highest BCUT2D eigenvalue weighted by Gasteiger charge is 2.17. The van der Waals surface area contributed by atoms with Crippen molar-refractivity contribution in [2.24, 2.45) is 0 Å². The van der Waals surface area contributed by atoms with Gasteiger partial charge >= 0.3 is 0 Å². The van der Waals surface area contributed by atoms with Gasteiger partial charge in [0, 0.05) is 44.7 Å². The normalized spacial score (nSPS) is 10.9. The lowest BCUT2D eigenvalue weighted by Gasteiger charge is -2.15. The fourth-order valence-corrected chi connectivity index (χ4v) is 2.16. The van der Waals surface area contributed by atoms with E-state index in [4.69, 9.17) is 4.74 Å². The van der Waals surface area contributed by atoms with Crippen molar-refractivity contribution < 1.29 is 9.53 Å². The van der Waals surface area contributed by atoms with Crippen molar-refractivity contribution in [1.29, 1.82) is 0 Å². The predicted molar refractivity (Wildman–Crippen MR) is 77.7 cm³/mol. The Hall–Kier alpha value is -2.15. The summed E-state index contributed by atoms with van der Waals surface area (Å²) in [7, 11) is 3.35. The van der Waals surface area contributed by atoms with Gasteiger partial charge in [0.2, 0.25) is 0 Å². The molecule has 0 bridgehead atoms. The lowest BCUT2D eigenvalue weighted by molar-refractivity contribution is 0.0773. The number of methoxy groups -OCH3 is 1. The summed E-state index contributed by atoms with van der Waals surface area (Å²) in [4.78, 5) is 14.0. The minimum Gasteiger partial charge on any atom is -0.362 e. The third-order valence-electron chi connectivity index (χ3n) is 3.38. The Labute approximate surface area is 124 Å². The maximum atomic E-state index is 12.3. The van der Waals surface area contributed by atoms with Gasteiger partial charge in [-0.3, -0.25) is 9.48 Å². The van der Waals surface area contributed by atoms with Gasteiger partial charge in [-0.15, -0.1) is 0 Å². The molecule has 1 amide bonds. The Bertz CT molecular complexity index is 617. The number of hydrogen-bond donors (Lipinski definition) is 0. The highest BCUT2D eigenvalue weighted by Crippen LogP contribution is 2.11. The first kappa shape index (κ1) is 15.2. The second kappa shape index (κ2) is 6.53. The molecule has 0 saturated carbocycles. The maximum Gasteiger partial charge on any atom is 0.274 e. The monoisotopic (exact) mass is 291 g/mol. The third-order valence-corrected chi connectivity index (χ3v) is 3.38. The van der Waals surface area contributed by atoms with Gasteiger partial charge in [0.05, 0.1) is 6.20 Å². The van der Waals surface area contributed by atoms with Crippen LogP contribution in [-0.4, -0.2) is 44.5 Å². The molecule has 0 aliphatic rings. The molecule has 0 aromatic carbocycles. The van der Waals surface area contributed by atoms with Crippen LogP contribution in [0, 0.1) is 6.92 Å². The quantitative estimate of drug-likeness (QED) is 0.804. The first-order valence-corrected chi connectivity index (χ1v) is 6.86. The number of aryl methyl sites for hydroxylation is 1. The van der Waals surface area contributed by atoms with Crippen LogP contribution < -0.4 is 0 Å². The summed E-state index contributed by atoms with van der Waals surface area (Å²) in [5.74, 6) is -0.117. The molecule has 0 radical (unpaired) electrons. The van der Waals surface area contributed by atoms with Crippen molar-refractivity contribution >= 4 is 5.91 Å². The van der Waals surface area contributed by atoms with Gasteiger partial charge in [-0.25, -0.2) is 4.68 Å². The summed E-state index contributed by atoms with van der Waals surface area (Å²) in [6.07, 6.45) is 3.54. The first-order chi connectivity index (χ1) is 10.1. The number of ether oxygens (including phenoxy) is 1. The van der Waals surface area contributed by atoms with E-state index in [1.165, 1.54) is 0 Å². The fraction of sp³-hybridized carbons (Fsp3) is 0.500. The van der Waals surface area contributed by atoms with Crippen molar-refractivity contribution in [3.05, 3.63) is 35.4 Å². The molecule has 2 heterocycles. The summed E-state index contributed by atoms with van der Waals surface area (Å²) in [6.45, 7) is 5.73. The summed E-state index contributed by atoms with van der Waals surface area (Å²) >= 11 is 0. The molecule has 21 heavy (non-hydrogen) atoms. The number of hydrogen-bond acceptors (Lipinski definition) is 4. The molecule has 2 aromatic heterocycles. The molecule has 114 valence electrons. The van der Waals surface area contributed by atoms with E-state index in [0.717, 1.165) is 17.8 Å². The number of rotatable bonds is 6. The number of nitrogens with zero attached hydrogens (tertiary/aromatic N) is 5. The van der Waals surface area contributed by atoms with Gasteiger partial charge in [0.1, 0.15) is 12.4 Å². The second-order valence-corrected chi connectivity index (χ2v) is 4.89. The van der Waals surface area contributed by atoms with Crippen LogP contribution in [0.4, 0.5) is 0 Å². The van der Waals surface area contributed by atoms with Gasteiger partial charge in [-0.2, -0.15) is 10.2 Å². The van der Waals surface area contributed by atoms with Gasteiger partial charge in [0.15, 0.2) is 0 Å². The molecule has 0 N–H and O–H groups in total. The summed E-state index contributed by atoms with van der Waals surface area (Å²) in [6, 6.07) is 1.69. The summed E-state index contributed by atoms with van der Waals surface area (Å²) in [5.41, 5.74) is 2.54. The average Bonchev–Trinajstić information content (AvgIpc) is 3.06. The SMILES string of the molecule is CCn1ncc(CN(C)C(=O)c2ccn(COC)n2)c1C. The molecule has 0 fully saturated rings. The Morgan fingerprint density at radius 2 is 2.24 bits per heavy atom. The van der Waals surface area contributed by atoms with Crippen LogP contribution >= 0.6 is 0 Å². The summed E-state index contributed by atoms with van der Waals surface area (Å²) < 4.78 is 8.47. The Kier molecular flexibility index (Phi) is 4.74. The zero-order valence-electron chi connectivity index (χ0n) is 12.9. The van der Waals surface area contributed by atoms with Gasteiger partial charge < -0.3 is 9.64 Å². The van der Waals surface area contributed by atoms with Crippen LogP contribution in [-0.2, 0) is 24.6 Å². The van der Waals surface area contributed by atoms with Crippen molar-refractivity contribution in [2.75, 3.05) is 14.2 Å². The molecular weight excluding hydrogens is 270 g/mol. The topological polar surface area (TPSA) is 65.2 Å². The van der Waals surface area contributed by atoms with Crippen molar-refractivity contribution in [3.63, 3.8) is 0 Å². The van der Waals surface area contributed by atoms with E-state index in [1.807, 2.05) is 24.7 Å². The van der Waals surface area contributed by atoms with Crippen molar-refractivity contribution in [3.8, 4) is 0 Å². The molecule has 0 unspecified atom stereocenters. The molecule has 7 nitrogen and oxygen atoms in total. The van der Waals surface area contributed by atoms with Crippen molar-refractivity contribution in [1.82, 2.24) is 24.5 Å². The molecule has 2 aromatic rings. The maximum absolute atomic E-state index is 12.3. The van der Waals surface area contributed by atoms with E-state index in [0.29, 0.717) is 19.0 Å². The highest BCUT2D eigenvalue weighted by molar-refractivity contribution is 5.91. The lowest BCUT2D eigenvalue weighted by atomic mass is 10.2. The Morgan fingerprint density at radius 3 is 2.86 bits per heavy atom. The molecule has 7 heteroatoms. The van der Waals surface area contributed by atoms with Crippen LogP contribution in [0.3, 0.4) is 0 Å². The van der Waals surface area contributed by atoms with Crippen LogP contribution in [0.25, 0.3) is 0 Å².